The van der Waals surface area contributed by atoms with E-state index in [1.54, 1.807) is 0 Å². The largest absolute Gasteiger partial charge is 1.00 e. The van der Waals surface area contributed by atoms with Crippen LogP contribution in [0.5, 0.6) is 0 Å². The maximum atomic E-state index is 5.54. The van der Waals surface area contributed by atoms with Crippen LogP contribution in [0, 0.1) is 6.92 Å². The van der Waals surface area contributed by atoms with Gasteiger partial charge in [-0.15, -0.1) is 12.6 Å². The van der Waals surface area contributed by atoms with E-state index in [0.29, 0.717) is 0 Å². The maximum Gasteiger partial charge on any atom is 1.00 e. The van der Waals surface area contributed by atoms with Crippen molar-refractivity contribution in [1.29, 1.82) is 0 Å². The van der Waals surface area contributed by atoms with Crippen LogP contribution in [0.1, 0.15) is 5.56 Å². The third kappa shape index (κ3) is 2.54. The van der Waals surface area contributed by atoms with Crippen LogP contribution in [-0.4, -0.2) is 0 Å². The minimum absolute atomic E-state index is 0. The zero-order chi connectivity index (χ0) is 6.85. The second-order valence-electron chi connectivity index (χ2n) is 2.06. The van der Waals surface area contributed by atoms with Gasteiger partial charge >= 0.3 is 29.6 Å². The number of hydrogen-bond donors (Lipinski definition) is 2. The smallest absolute Gasteiger partial charge is 0.398 e. The molecule has 0 aliphatic heterocycles. The van der Waals surface area contributed by atoms with Gasteiger partial charge < -0.3 is 5.73 Å². The summed E-state index contributed by atoms with van der Waals surface area (Å²) >= 11 is 4.12. The van der Waals surface area contributed by atoms with Crippen molar-refractivity contribution in [3.05, 3.63) is 23.8 Å². The van der Waals surface area contributed by atoms with Gasteiger partial charge in [0, 0.05) is 10.6 Å². The second kappa shape index (κ2) is 4.29. The van der Waals surface area contributed by atoms with Crippen LogP contribution in [-0.2, 0) is 0 Å². The Hall–Kier alpha value is 0.370. The topological polar surface area (TPSA) is 26.0 Å². The Labute approximate surface area is 88.7 Å². The Balaban J connectivity index is 0.000000810. The molecule has 0 aliphatic rings. The third-order valence-corrected chi connectivity index (χ3v) is 1.59. The molecular formula is C7H9NNaS+. The van der Waals surface area contributed by atoms with Crippen molar-refractivity contribution >= 4 is 18.3 Å². The van der Waals surface area contributed by atoms with E-state index in [9.17, 15) is 0 Å². The van der Waals surface area contributed by atoms with Crippen LogP contribution in [0.3, 0.4) is 0 Å². The van der Waals surface area contributed by atoms with Gasteiger partial charge in [0.15, 0.2) is 0 Å². The molecule has 0 atom stereocenters. The Morgan fingerprint density at radius 1 is 1.40 bits per heavy atom. The molecule has 1 nitrogen and oxygen atoms in total. The SMILES string of the molecule is Cc1ccc(S)c(N)c1.[Na+]. The van der Waals surface area contributed by atoms with E-state index in [2.05, 4.69) is 12.6 Å². The monoisotopic (exact) mass is 162 g/mol. The normalized spacial score (nSPS) is 8.60. The van der Waals surface area contributed by atoms with Gasteiger partial charge in [0.1, 0.15) is 0 Å². The number of hydrogen-bond acceptors (Lipinski definition) is 2. The van der Waals surface area contributed by atoms with Crippen molar-refractivity contribution < 1.29 is 29.6 Å². The van der Waals surface area contributed by atoms with Crippen molar-refractivity contribution in [1.82, 2.24) is 0 Å². The van der Waals surface area contributed by atoms with Crippen LogP contribution in [0.25, 0.3) is 0 Å². The average Bonchev–Trinajstić information content (AvgIpc) is 1.80. The van der Waals surface area contributed by atoms with Crippen LogP contribution < -0.4 is 35.3 Å². The Bertz CT molecular complexity index is 225. The van der Waals surface area contributed by atoms with Crippen LogP contribution in [0.2, 0.25) is 0 Å². The standard InChI is InChI=1S/C7H9NS.Na/c1-5-2-3-7(9)6(8)4-5;/h2-4,9H,8H2,1H3;/q;+1. The van der Waals surface area contributed by atoms with Crippen molar-refractivity contribution in [2.24, 2.45) is 0 Å². The van der Waals surface area contributed by atoms with E-state index in [1.165, 1.54) is 5.56 Å². The molecule has 0 saturated heterocycles. The number of nitrogens with two attached hydrogens (primary N) is 1. The first kappa shape index (κ1) is 10.4. The zero-order valence-corrected chi connectivity index (χ0v) is 9.15. The molecule has 0 bridgehead atoms. The van der Waals surface area contributed by atoms with E-state index in [1.807, 2.05) is 25.1 Å². The summed E-state index contributed by atoms with van der Waals surface area (Å²) in [7, 11) is 0. The molecule has 0 spiro atoms. The molecule has 0 radical (unpaired) electrons. The molecule has 0 saturated carbocycles. The van der Waals surface area contributed by atoms with Gasteiger partial charge in [0.2, 0.25) is 0 Å². The summed E-state index contributed by atoms with van der Waals surface area (Å²) in [4.78, 5) is 0.848. The summed E-state index contributed by atoms with van der Waals surface area (Å²) in [5.74, 6) is 0. The number of rotatable bonds is 0. The Morgan fingerprint density at radius 3 is 2.40 bits per heavy atom. The molecule has 1 rings (SSSR count). The molecule has 0 aliphatic carbocycles. The minimum atomic E-state index is 0. The van der Waals surface area contributed by atoms with E-state index in [-0.39, 0.29) is 29.6 Å². The van der Waals surface area contributed by atoms with Crippen molar-refractivity contribution in [2.45, 2.75) is 11.8 Å². The van der Waals surface area contributed by atoms with Crippen molar-refractivity contribution in [3.8, 4) is 0 Å². The van der Waals surface area contributed by atoms with E-state index in [4.69, 9.17) is 5.73 Å². The van der Waals surface area contributed by atoms with Gasteiger partial charge in [-0.25, -0.2) is 0 Å². The fourth-order valence-corrected chi connectivity index (χ4v) is 0.813. The summed E-state index contributed by atoms with van der Waals surface area (Å²) in [5, 5.41) is 0. The van der Waals surface area contributed by atoms with E-state index < -0.39 is 0 Å². The molecule has 3 heteroatoms. The minimum Gasteiger partial charge on any atom is -0.398 e. The first-order valence-electron chi connectivity index (χ1n) is 2.75. The summed E-state index contributed by atoms with van der Waals surface area (Å²) in [5.41, 5.74) is 7.46. The molecular weight excluding hydrogens is 153 g/mol. The van der Waals surface area contributed by atoms with E-state index >= 15 is 0 Å². The van der Waals surface area contributed by atoms with E-state index in [0.717, 1.165) is 10.6 Å². The molecule has 2 N–H and O–H groups in total. The van der Waals surface area contributed by atoms with Crippen LogP contribution >= 0.6 is 12.6 Å². The number of nitrogen functional groups attached to an aromatic ring is 1. The molecule has 10 heavy (non-hydrogen) atoms. The summed E-state index contributed by atoms with van der Waals surface area (Å²) in [6, 6.07) is 5.79. The molecule has 48 valence electrons. The second-order valence-corrected chi connectivity index (χ2v) is 2.54. The number of anilines is 1. The molecule has 1 aromatic rings. The summed E-state index contributed by atoms with van der Waals surface area (Å²) in [6.45, 7) is 2.00. The van der Waals surface area contributed by atoms with Gasteiger partial charge in [0.25, 0.3) is 0 Å². The first-order chi connectivity index (χ1) is 4.20. The number of thiol groups is 1. The summed E-state index contributed by atoms with van der Waals surface area (Å²) < 4.78 is 0. The summed E-state index contributed by atoms with van der Waals surface area (Å²) in [6.07, 6.45) is 0. The van der Waals surface area contributed by atoms with Gasteiger partial charge in [-0.05, 0) is 24.6 Å². The number of aryl methyl sites for hydroxylation is 1. The van der Waals surface area contributed by atoms with Crippen LogP contribution in [0.4, 0.5) is 5.69 Å². The molecule has 0 fully saturated rings. The van der Waals surface area contributed by atoms with Gasteiger partial charge in [-0.3, -0.25) is 0 Å². The van der Waals surface area contributed by atoms with Gasteiger partial charge in [0.05, 0.1) is 0 Å². The molecule has 0 unspecified atom stereocenters. The fraction of sp³-hybridized carbons (Fsp3) is 0.143. The first-order valence-corrected chi connectivity index (χ1v) is 3.20. The molecule has 0 heterocycles. The third-order valence-electron chi connectivity index (χ3n) is 1.18. The van der Waals surface area contributed by atoms with Crippen molar-refractivity contribution in [3.63, 3.8) is 0 Å². The Kier molecular flexibility index (Phi) is 4.45. The Morgan fingerprint density at radius 2 is 2.00 bits per heavy atom. The molecule has 0 amide bonds. The molecule has 0 aromatic heterocycles. The zero-order valence-electron chi connectivity index (χ0n) is 6.26. The van der Waals surface area contributed by atoms with Gasteiger partial charge in [-0.2, -0.15) is 0 Å². The average molecular weight is 162 g/mol. The molecule has 1 aromatic carbocycles. The fourth-order valence-electron chi connectivity index (χ4n) is 0.674. The van der Waals surface area contributed by atoms with Gasteiger partial charge in [-0.1, -0.05) is 6.07 Å². The van der Waals surface area contributed by atoms with Crippen molar-refractivity contribution in [2.75, 3.05) is 5.73 Å². The van der Waals surface area contributed by atoms with Crippen LogP contribution in [0.15, 0.2) is 23.1 Å². The predicted octanol–water partition coefficient (Wildman–Crippen LogP) is -1.13. The quantitative estimate of drug-likeness (QED) is 0.282. The predicted molar refractivity (Wildman–Crippen MR) is 42.8 cm³/mol. The number of benzene rings is 1. The maximum absolute atomic E-state index is 5.54.